The molecule has 19 heavy (non-hydrogen) atoms. The van der Waals surface area contributed by atoms with Crippen molar-refractivity contribution in [3.63, 3.8) is 0 Å². The summed E-state index contributed by atoms with van der Waals surface area (Å²) in [5.41, 5.74) is 0.163. The lowest BCUT2D eigenvalue weighted by molar-refractivity contribution is -0.384. The van der Waals surface area contributed by atoms with Gasteiger partial charge in [0.1, 0.15) is 5.69 Å². The lowest BCUT2D eigenvalue weighted by Gasteiger charge is -2.32. The van der Waals surface area contributed by atoms with Crippen LogP contribution >= 0.6 is 0 Å². The van der Waals surface area contributed by atoms with Crippen LogP contribution in [0.2, 0.25) is 0 Å². The molecule has 1 atom stereocenters. The van der Waals surface area contributed by atoms with Crippen LogP contribution in [0.3, 0.4) is 0 Å². The number of morpholine rings is 1. The highest BCUT2D eigenvalue weighted by Crippen LogP contribution is 2.30. The van der Waals surface area contributed by atoms with Crippen molar-refractivity contribution in [3.8, 4) is 0 Å². The molecule has 2 rings (SSSR count). The topological polar surface area (TPSA) is 92.9 Å². The van der Waals surface area contributed by atoms with Gasteiger partial charge in [0.05, 0.1) is 23.2 Å². The normalized spacial score (nSPS) is 19.2. The molecule has 1 saturated heterocycles. The molecular formula is C12H14N2O5. The van der Waals surface area contributed by atoms with Crippen LogP contribution in [0.1, 0.15) is 17.3 Å². The number of carboxylic acids is 1. The van der Waals surface area contributed by atoms with E-state index in [1.54, 1.807) is 0 Å². The number of aromatic carboxylic acids is 1. The average molecular weight is 266 g/mol. The Kier molecular flexibility index (Phi) is 3.66. The summed E-state index contributed by atoms with van der Waals surface area (Å²) >= 11 is 0. The summed E-state index contributed by atoms with van der Waals surface area (Å²) in [6.45, 7) is 3.49. The van der Waals surface area contributed by atoms with Gasteiger partial charge in [0.25, 0.3) is 5.69 Å². The third kappa shape index (κ3) is 2.82. The summed E-state index contributed by atoms with van der Waals surface area (Å²) in [6.07, 6.45) is -0.00694. The molecule has 0 saturated carbocycles. The highest BCUT2D eigenvalue weighted by molar-refractivity contribution is 5.89. The molecule has 0 radical (unpaired) electrons. The molecule has 1 aromatic rings. The number of nitro groups is 1. The third-order valence-electron chi connectivity index (χ3n) is 3.00. The van der Waals surface area contributed by atoms with Gasteiger partial charge in [-0.25, -0.2) is 4.79 Å². The highest BCUT2D eigenvalue weighted by Gasteiger charge is 2.25. The Morgan fingerprint density at radius 1 is 1.58 bits per heavy atom. The predicted octanol–water partition coefficient (Wildman–Crippen LogP) is 1.52. The van der Waals surface area contributed by atoms with Crippen molar-refractivity contribution < 1.29 is 19.6 Å². The third-order valence-corrected chi connectivity index (χ3v) is 3.00. The van der Waals surface area contributed by atoms with E-state index in [9.17, 15) is 14.9 Å². The molecule has 7 nitrogen and oxygen atoms in total. The van der Waals surface area contributed by atoms with E-state index in [2.05, 4.69) is 0 Å². The van der Waals surface area contributed by atoms with Crippen LogP contribution in [0.15, 0.2) is 18.2 Å². The molecule has 1 fully saturated rings. The largest absolute Gasteiger partial charge is 0.478 e. The molecule has 0 aromatic heterocycles. The molecule has 0 bridgehead atoms. The summed E-state index contributed by atoms with van der Waals surface area (Å²) in [6, 6.07) is 3.96. The molecule has 1 unspecified atom stereocenters. The molecular weight excluding hydrogens is 252 g/mol. The number of anilines is 1. The second-order valence-corrected chi connectivity index (χ2v) is 4.39. The Hall–Kier alpha value is -2.15. The first kappa shape index (κ1) is 13.3. The Morgan fingerprint density at radius 3 is 2.89 bits per heavy atom. The van der Waals surface area contributed by atoms with E-state index in [4.69, 9.17) is 9.84 Å². The van der Waals surface area contributed by atoms with E-state index >= 15 is 0 Å². The molecule has 7 heteroatoms. The average Bonchev–Trinajstić information content (AvgIpc) is 2.37. The van der Waals surface area contributed by atoms with Crippen LogP contribution in [-0.2, 0) is 4.74 Å². The van der Waals surface area contributed by atoms with Crippen LogP contribution in [0.25, 0.3) is 0 Å². The number of nitro benzene ring substituents is 1. The van der Waals surface area contributed by atoms with Gasteiger partial charge in [-0.2, -0.15) is 0 Å². The van der Waals surface area contributed by atoms with E-state index in [0.717, 1.165) is 6.07 Å². The summed E-state index contributed by atoms with van der Waals surface area (Å²) in [7, 11) is 0. The van der Waals surface area contributed by atoms with Crippen LogP contribution in [0.5, 0.6) is 0 Å². The van der Waals surface area contributed by atoms with Crippen molar-refractivity contribution in [1.29, 1.82) is 0 Å². The number of benzene rings is 1. The molecule has 1 N–H and O–H groups in total. The number of rotatable bonds is 3. The first-order valence-electron chi connectivity index (χ1n) is 5.87. The Morgan fingerprint density at radius 2 is 2.32 bits per heavy atom. The van der Waals surface area contributed by atoms with Crippen molar-refractivity contribution in [3.05, 3.63) is 33.9 Å². The van der Waals surface area contributed by atoms with Crippen molar-refractivity contribution >= 4 is 17.3 Å². The minimum atomic E-state index is -1.18. The molecule has 1 heterocycles. The number of ether oxygens (including phenoxy) is 1. The first-order chi connectivity index (χ1) is 8.99. The quantitative estimate of drug-likeness (QED) is 0.658. The van der Waals surface area contributed by atoms with Gasteiger partial charge >= 0.3 is 5.97 Å². The van der Waals surface area contributed by atoms with Gasteiger partial charge in [0.15, 0.2) is 0 Å². The minimum Gasteiger partial charge on any atom is -0.478 e. The molecule has 0 spiro atoms. The van der Waals surface area contributed by atoms with E-state index in [1.165, 1.54) is 12.1 Å². The van der Waals surface area contributed by atoms with Crippen LogP contribution in [0, 0.1) is 10.1 Å². The van der Waals surface area contributed by atoms with Crippen LogP contribution < -0.4 is 4.90 Å². The molecule has 1 aromatic carbocycles. The summed E-state index contributed by atoms with van der Waals surface area (Å²) in [5.74, 6) is -1.18. The monoisotopic (exact) mass is 266 g/mol. The number of hydrogen-bond donors (Lipinski definition) is 1. The standard InChI is InChI=1S/C12H14N2O5/c1-8-7-13(4-5-19-8)10-3-2-9(12(15)16)6-11(10)14(17)18/h2-3,6,8H,4-5,7H2,1H3,(H,15,16). The van der Waals surface area contributed by atoms with Crippen LogP contribution in [0.4, 0.5) is 11.4 Å². The van der Waals surface area contributed by atoms with Crippen molar-refractivity contribution in [2.24, 2.45) is 0 Å². The number of carboxylic acid groups (broad SMARTS) is 1. The second kappa shape index (κ2) is 5.23. The minimum absolute atomic E-state index is 0.00694. The maximum atomic E-state index is 11.1. The van der Waals surface area contributed by atoms with Gasteiger partial charge in [-0.3, -0.25) is 10.1 Å². The van der Waals surface area contributed by atoms with Crippen molar-refractivity contribution in [2.75, 3.05) is 24.6 Å². The number of carbonyl (C=O) groups is 1. The Bertz CT molecular complexity index is 517. The SMILES string of the molecule is CC1CN(c2ccc(C(=O)O)cc2[N+](=O)[O-])CCO1. The van der Waals surface area contributed by atoms with Gasteiger partial charge < -0.3 is 14.7 Å². The summed E-state index contributed by atoms with van der Waals surface area (Å²) in [5, 5.41) is 20.0. The lowest BCUT2D eigenvalue weighted by Crippen LogP contribution is -2.41. The summed E-state index contributed by atoms with van der Waals surface area (Å²) < 4.78 is 5.39. The zero-order valence-corrected chi connectivity index (χ0v) is 10.4. The number of hydrogen-bond acceptors (Lipinski definition) is 5. The van der Waals surface area contributed by atoms with E-state index < -0.39 is 10.9 Å². The zero-order chi connectivity index (χ0) is 14.0. The molecule has 1 aliphatic rings. The lowest BCUT2D eigenvalue weighted by atomic mass is 10.1. The molecule has 1 aliphatic heterocycles. The smallest absolute Gasteiger partial charge is 0.335 e. The predicted molar refractivity (Wildman–Crippen MR) is 67.7 cm³/mol. The van der Waals surface area contributed by atoms with Gasteiger partial charge in [0.2, 0.25) is 0 Å². The Labute approximate surface area is 109 Å². The van der Waals surface area contributed by atoms with E-state index in [-0.39, 0.29) is 17.4 Å². The van der Waals surface area contributed by atoms with Gasteiger partial charge in [-0.15, -0.1) is 0 Å². The first-order valence-corrected chi connectivity index (χ1v) is 5.87. The Balaban J connectivity index is 2.38. The zero-order valence-electron chi connectivity index (χ0n) is 10.4. The summed E-state index contributed by atoms with van der Waals surface area (Å²) in [4.78, 5) is 23.2. The van der Waals surface area contributed by atoms with Crippen molar-refractivity contribution in [1.82, 2.24) is 0 Å². The fraction of sp³-hybridized carbons (Fsp3) is 0.417. The van der Waals surface area contributed by atoms with Gasteiger partial charge in [0, 0.05) is 19.2 Å². The van der Waals surface area contributed by atoms with Crippen LogP contribution in [-0.4, -0.2) is 41.8 Å². The van der Waals surface area contributed by atoms with Gasteiger partial charge in [-0.1, -0.05) is 0 Å². The number of nitrogens with zero attached hydrogens (tertiary/aromatic N) is 2. The maximum absolute atomic E-state index is 11.1. The van der Waals surface area contributed by atoms with Gasteiger partial charge in [-0.05, 0) is 19.1 Å². The second-order valence-electron chi connectivity index (χ2n) is 4.39. The van der Waals surface area contributed by atoms with E-state index in [1.807, 2.05) is 11.8 Å². The molecule has 102 valence electrons. The molecule has 0 amide bonds. The van der Waals surface area contributed by atoms with Crippen molar-refractivity contribution in [2.45, 2.75) is 13.0 Å². The maximum Gasteiger partial charge on any atom is 0.335 e. The highest BCUT2D eigenvalue weighted by atomic mass is 16.6. The molecule has 0 aliphatic carbocycles. The fourth-order valence-electron chi connectivity index (χ4n) is 2.11. The fourth-order valence-corrected chi connectivity index (χ4v) is 2.11. The van der Waals surface area contributed by atoms with E-state index in [0.29, 0.717) is 25.4 Å².